The number of nitrogens with one attached hydrogen (secondary N) is 1. The van der Waals surface area contributed by atoms with E-state index in [9.17, 15) is 13.2 Å². The standard InChI is InChI=1S/C13H18F3N/c1-10-4-3-5-12(6-10)7-11(2)8-17-9-13(14,15)16/h3-6,11,17H,7-9H2,1-2H3. The van der Waals surface area contributed by atoms with Crippen LogP contribution in [0.3, 0.4) is 0 Å². The van der Waals surface area contributed by atoms with Gasteiger partial charge in [0, 0.05) is 0 Å². The van der Waals surface area contributed by atoms with Gasteiger partial charge in [0.1, 0.15) is 0 Å². The van der Waals surface area contributed by atoms with E-state index in [1.54, 1.807) is 0 Å². The first kappa shape index (κ1) is 14.0. The van der Waals surface area contributed by atoms with Crippen molar-refractivity contribution in [2.45, 2.75) is 26.4 Å². The van der Waals surface area contributed by atoms with E-state index in [0.717, 1.165) is 6.42 Å². The number of benzene rings is 1. The molecule has 0 amide bonds. The maximum atomic E-state index is 11.9. The second-order valence-electron chi connectivity index (χ2n) is 4.54. The van der Waals surface area contributed by atoms with Gasteiger partial charge in [0.15, 0.2) is 0 Å². The Hall–Kier alpha value is -1.03. The maximum absolute atomic E-state index is 11.9. The van der Waals surface area contributed by atoms with Gasteiger partial charge in [-0.1, -0.05) is 36.8 Å². The van der Waals surface area contributed by atoms with Crippen molar-refractivity contribution in [1.29, 1.82) is 0 Å². The molecule has 0 spiro atoms. The van der Waals surface area contributed by atoms with Crippen molar-refractivity contribution in [2.75, 3.05) is 13.1 Å². The van der Waals surface area contributed by atoms with E-state index in [4.69, 9.17) is 0 Å². The van der Waals surface area contributed by atoms with Crippen molar-refractivity contribution < 1.29 is 13.2 Å². The average Bonchev–Trinajstić information content (AvgIpc) is 2.15. The van der Waals surface area contributed by atoms with Gasteiger partial charge in [0.05, 0.1) is 6.54 Å². The molecule has 0 saturated heterocycles. The second-order valence-corrected chi connectivity index (χ2v) is 4.54. The van der Waals surface area contributed by atoms with Crippen molar-refractivity contribution in [3.05, 3.63) is 35.4 Å². The Kier molecular flexibility index (Phi) is 5.00. The van der Waals surface area contributed by atoms with Gasteiger partial charge >= 0.3 is 6.18 Å². The summed E-state index contributed by atoms with van der Waals surface area (Å²) >= 11 is 0. The molecule has 1 unspecified atom stereocenters. The molecule has 0 aliphatic carbocycles. The zero-order valence-corrected chi connectivity index (χ0v) is 10.1. The smallest absolute Gasteiger partial charge is 0.308 e. The van der Waals surface area contributed by atoms with Crippen molar-refractivity contribution in [3.63, 3.8) is 0 Å². The molecule has 0 radical (unpaired) electrons. The molecule has 0 saturated carbocycles. The van der Waals surface area contributed by atoms with Crippen LogP contribution in [-0.4, -0.2) is 19.3 Å². The Morgan fingerprint density at radius 2 is 2.00 bits per heavy atom. The Balaban J connectivity index is 2.32. The molecule has 0 fully saturated rings. The number of hydrogen-bond acceptors (Lipinski definition) is 1. The number of halogens is 3. The fourth-order valence-corrected chi connectivity index (χ4v) is 1.77. The van der Waals surface area contributed by atoms with Gasteiger partial charge in [-0.25, -0.2) is 0 Å². The van der Waals surface area contributed by atoms with Crippen LogP contribution in [0.15, 0.2) is 24.3 Å². The molecule has 4 heteroatoms. The Morgan fingerprint density at radius 3 is 2.59 bits per heavy atom. The number of rotatable bonds is 5. The van der Waals surface area contributed by atoms with Crippen molar-refractivity contribution >= 4 is 0 Å². The van der Waals surface area contributed by atoms with Crippen LogP contribution in [0, 0.1) is 12.8 Å². The third-order valence-electron chi connectivity index (χ3n) is 2.48. The molecular weight excluding hydrogens is 227 g/mol. The van der Waals surface area contributed by atoms with E-state index in [2.05, 4.69) is 11.4 Å². The van der Waals surface area contributed by atoms with Crippen LogP contribution in [0.25, 0.3) is 0 Å². The van der Waals surface area contributed by atoms with Gasteiger partial charge in [0.2, 0.25) is 0 Å². The topological polar surface area (TPSA) is 12.0 Å². The molecule has 1 aromatic carbocycles. The van der Waals surface area contributed by atoms with Gasteiger partial charge < -0.3 is 5.32 Å². The first-order chi connectivity index (χ1) is 7.87. The highest BCUT2D eigenvalue weighted by Gasteiger charge is 2.26. The highest BCUT2D eigenvalue weighted by molar-refractivity contribution is 5.22. The van der Waals surface area contributed by atoms with Crippen LogP contribution >= 0.6 is 0 Å². The van der Waals surface area contributed by atoms with E-state index >= 15 is 0 Å². The first-order valence-electron chi connectivity index (χ1n) is 5.70. The fourth-order valence-electron chi connectivity index (χ4n) is 1.77. The van der Waals surface area contributed by atoms with Crippen LogP contribution in [0.5, 0.6) is 0 Å². The summed E-state index contributed by atoms with van der Waals surface area (Å²) in [5.41, 5.74) is 2.35. The van der Waals surface area contributed by atoms with Crippen LogP contribution < -0.4 is 5.32 Å². The predicted octanol–water partition coefficient (Wildman–Crippen LogP) is 3.33. The number of hydrogen-bond donors (Lipinski definition) is 1. The third kappa shape index (κ3) is 6.31. The molecule has 1 aromatic rings. The van der Waals surface area contributed by atoms with Crippen molar-refractivity contribution in [3.8, 4) is 0 Å². The molecule has 1 N–H and O–H groups in total. The molecule has 1 nitrogen and oxygen atoms in total. The van der Waals surface area contributed by atoms with E-state index < -0.39 is 12.7 Å². The van der Waals surface area contributed by atoms with E-state index in [1.807, 2.05) is 32.0 Å². The molecule has 0 aliphatic rings. The fraction of sp³-hybridized carbons (Fsp3) is 0.538. The van der Waals surface area contributed by atoms with Gasteiger partial charge in [-0.15, -0.1) is 0 Å². The monoisotopic (exact) mass is 245 g/mol. The Morgan fingerprint density at radius 1 is 1.29 bits per heavy atom. The maximum Gasteiger partial charge on any atom is 0.401 e. The molecule has 0 heterocycles. The number of aryl methyl sites for hydroxylation is 1. The van der Waals surface area contributed by atoms with Crippen LogP contribution in [0.2, 0.25) is 0 Å². The largest absolute Gasteiger partial charge is 0.401 e. The van der Waals surface area contributed by atoms with Crippen LogP contribution in [0.4, 0.5) is 13.2 Å². The third-order valence-corrected chi connectivity index (χ3v) is 2.48. The predicted molar refractivity (Wildman–Crippen MR) is 63.0 cm³/mol. The highest BCUT2D eigenvalue weighted by atomic mass is 19.4. The minimum Gasteiger partial charge on any atom is -0.308 e. The molecule has 1 atom stereocenters. The van der Waals surface area contributed by atoms with Gasteiger partial charge in [0.25, 0.3) is 0 Å². The minimum absolute atomic E-state index is 0.194. The molecule has 0 bridgehead atoms. The molecule has 0 aromatic heterocycles. The Labute approximate surface area is 100 Å². The Bertz CT molecular complexity index is 347. The molecule has 96 valence electrons. The van der Waals surface area contributed by atoms with Gasteiger partial charge in [-0.3, -0.25) is 0 Å². The second kappa shape index (κ2) is 6.05. The summed E-state index contributed by atoms with van der Waals surface area (Å²) in [6.07, 6.45) is -3.32. The van der Waals surface area contributed by atoms with E-state index in [0.29, 0.717) is 6.54 Å². The molecule has 0 aliphatic heterocycles. The summed E-state index contributed by atoms with van der Waals surface area (Å²) in [6, 6.07) is 8.06. The van der Waals surface area contributed by atoms with Crippen molar-refractivity contribution in [1.82, 2.24) is 5.32 Å². The van der Waals surface area contributed by atoms with E-state index in [-0.39, 0.29) is 5.92 Å². The quantitative estimate of drug-likeness (QED) is 0.839. The average molecular weight is 245 g/mol. The summed E-state index contributed by atoms with van der Waals surface area (Å²) in [5, 5.41) is 2.43. The minimum atomic E-state index is -4.12. The molecular formula is C13H18F3N. The van der Waals surface area contributed by atoms with Gasteiger partial charge in [-0.05, 0) is 31.4 Å². The zero-order chi connectivity index (χ0) is 12.9. The summed E-state index contributed by atoms with van der Waals surface area (Å²) in [7, 11) is 0. The van der Waals surface area contributed by atoms with Crippen molar-refractivity contribution in [2.24, 2.45) is 5.92 Å². The van der Waals surface area contributed by atoms with Crippen LogP contribution in [-0.2, 0) is 6.42 Å². The highest BCUT2D eigenvalue weighted by Crippen LogP contribution is 2.13. The molecule has 1 rings (SSSR count). The first-order valence-corrected chi connectivity index (χ1v) is 5.70. The lowest BCUT2D eigenvalue weighted by molar-refractivity contribution is -0.125. The number of alkyl halides is 3. The summed E-state index contributed by atoms with van der Waals surface area (Å²) in [6.45, 7) is 3.43. The lowest BCUT2D eigenvalue weighted by atomic mass is 10.00. The zero-order valence-electron chi connectivity index (χ0n) is 10.1. The summed E-state index contributed by atoms with van der Waals surface area (Å²) in [5.74, 6) is 0.194. The van der Waals surface area contributed by atoms with Gasteiger partial charge in [-0.2, -0.15) is 13.2 Å². The normalized spacial score (nSPS) is 13.7. The SMILES string of the molecule is Cc1cccc(CC(C)CNCC(F)(F)F)c1. The summed E-state index contributed by atoms with van der Waals surface area (Å²) in [4.78, 5) is 0. The summed E-state index contributed by atoms with van der Waals surface area (Å²) < 4.78 is 35.8. The van der Waals surface area contributed by atoms with Crippen LogP contribution in [0.1, 0.15) is 18.1 Å². The lowest BCUT2D eigenvalue weighted by Gasteiger charge is -2.14. The molecule has 17 heavy (non-hydrogen) atoms. The van der Waals surface area contributed by atoms with E-state index in [1.165, 1.54) is 11.1 Å². The lowest BCUT2D eigenvalue weighted by Crippen LogP contribution is -2.32.